The summed E-state index contributed by atoms with van der Waals surface area (Å²) in [6.07, 6.45) is 0.955. The van der Waals surface area contributed by atoms with E-state index in [2.05, 4.69) is 10.1 Å². The molecule has 7 heteroatoms. The summed E-state index contributed by atoms with van der Waals surface area (Å²) in [7, 11) is -1.07. The quantitative estimate of drug-likeness (QED) is 0.802. The van der Waals surface area contributed by atoms with Gasteiger partial charge in [0.25, 0.3) is 5.89 Å². The van der Waals surface area contributed by atoms with Gasteiger partial charge < -0.3 is 9.26 Å². The number of aryl methyl sites for hydroxylation is 1. The van der Waals surface area contributed by atoms with Crippen LogP contribution in [0.4, 0.5) is 0 Å². The Labute approximate surface area is 118 Å². The zero-order chi connectivity index (χ0) is 14.7. The first-order valence-corrected chi connectivity index (χ1v) is 7.48. The Morgan fingerprint density at radius 3 is 2.50 bits per heavy atom. The van der Waals surface area contributed by atoms with Gasteiger partial charge in [-0.05, 0) is 38.1 Å². The molecule has 1 heterocycles. The number of carbonyl (C=O) groups is 1. The highest BCUT2D eigenvalue weighted by molar-refractivity contribution is 7.84. The lowest BCUT2D eigenvalue weighted by molar-refractivity contribution is 0.0265. The lowest BCUT2D eigenvalue weighted by atomic mass is 10.2. The third-order valence-electron chi connectivity index (χ3n) is 2.60. The zero-order valence-corrected chi connectivity index (χ0v) is 12.1. The third-order valence-corrected chi connectivity index (χ3v) is 3.53. The molecule has 0 saturated carbocycles. The second kappa shape index (κ2) is 5.96. The van der Waals surface area contributed by atoms with E-state index in [1.165, 1.54) is 0 Å². The summed E-state index contributed by atoms with van der Waals surface area (Å²) in [5.41, 5.74) is 0.377. The molecule has 0 aliphatic carbocycles. The van der Waals surface area contributed by atoms with Crippen molar-refractivity contribution >= 4 is 16.8 Å². The van der Waals surface area contributed by atoms with Gasteiger partial charge in [0.05, 0.1) is 5.56 Å². The average Bonchev–Trinajstić information content (AvgIpc) is 2.85. The molecule has 0 aliphatic heterocycles. The van der Waals surface area contributed by atoms with Crippen molar-refractivity contribution in [3.05, 3.63) is 41.5 Å². The predicted octanol–water partition coefficient (Wildman–Crippen LogP) is 2.03. The summed E-state index contributed by atoms with van der Waals surface area (Å²) in [5.74, 6) is 0.238. The van der Waals surface area contributed by atoms with Gasteiger partial charge in [-0.15, -0.1) is 0 Å². The highest BCUT2D eigenvalue weighted by Gasteiger charge is 2.18. The Hall–Kier alpha value is -2.02. The lowest BCUT2D eigenvalue weighted by Crippen LogP contribution is -2.09. The molecule has 0 radical (unpaired) electrons. The second-order valence-electron chi connectivity index (χ2n) is 4.21. The van der Waals surface area contributed by atoms with Crippen molar-refractivity contribution in [2.24, 2.45) is 0 Å². The van der Waals surface area contributed by atoms with Crippen LogP contribution in [-0.4, -0.2) is 26.6 Å². The maximum atomic E-state index is 11.9. The molecule has 0 saturated heterocycles. The van der Waals surface area contributed by atoms with Gasteiger partial charge in [-0.2, -0.15) is 4.98 Å². The van der Waals surface area contributed by atoms with Crippen LogP contribution in [0.3, 0.4) is 0 Å². The fraction of sp³-hybridized carbons (Fsp3) is 0.308. The molecular formula is C13H14N2O4S. The highest BCUT2D eigenvalue weighted by atomic mass is 32.2. The largest absolute Gasteiger partial charge is 0.449 e. The average molecular weight is 294 g/mol. The van der Waals surface area contributed by atoms with Crippen molar-refractivity contribution in [1.82, 2.24) is 10.1 Å². The number of esters is 1. The van der Waals surface area contributed by atoms with Crippen LogP contribution in [-0.2, 0) is 15.5 Å². The van der Waals surface area contributed by atoms with Gasteiger partial charge >= 0.3 is 5.97 Å². The number of benzene rings is 1. The van der Waals surface area contributed by atoms with E-state index in [9.17, 15) is 9.00 Å². The van der Waals surface area contributed by atoms with E-state index in [0.717, 1.165) is 0 Å². The number of rotatable bonds is 4. The molecule has 0 spiro atoms. The first-order valence-electron chi connectivity index (χ1n) is 5.92. The van der Waals surface area contributed by atoms with Crippen molar-refractivity contribution in [3.63, 3.8) is 0 Å². The van der Waals surface area contributed by atoms with E-state index >= 15 is 0 Å². The molecule has 20 heavy (non-hydrogen) atoms. The van der Waals surface area contributed by atoms with Crippen LogP contribution in [0.2, 0.25) is 0 Å². The van der Waals surface area contributed by atoms with E-state index in [1.807, 2.05) is 0 Å². The number of carbonyl (C=O) groups excluding carboxylic acids is 1. The number of nitrogens with zero attached hydrogens (tertiary/aromatic N) is 2. The fourth-order valence-corrected chi connectivity index (χ4v) is 2.06. The number of hydrogen-bond donors (Lipinski definition) is 0. The van der Waals surface area contributed by atoms with Gasteiger partial charge in [0, 0.05) is 22.0 Å². The van der Waals surface area contributed by atoms with Crippen molar-refractivity contribution in [3.8, 4) is 0 Å². The van der Waals surface area contributed by atoms with E-state index in [-0.39, 0.29) is 5.89 Å². The molecule has 1 aromatic carbocycles. The molecule has 0 bridgehead atoms. The van der Waals surface area contributed by atoms with Crippen LogP contribution < -0.4 is 0 Å². The number of hydrogen-bond acceptors (Lipinski definition) is 6. The minimum Gasteiger partial charge on any atom is -0.449 e. The summed E-state index contributed by atoms with van der Waals surface area (Å²) >= 11 is 0. The van der Waals surface area contributed by atoms with Gasteiger partial charge in [-0.25, -0.2) is 4.79 Å². The Balaban J connectivity index is 2.06. The van der Waals surface area contributed by atoms with Crippen molar-refractivity contribution in [2.45, 2.75) is 24.8 Å². The van der Waals surface area contributed by atoms with E-state index in [0.29, 0.717) is 16.3 Å². The number of aromatic nitrogens is 2. The summed E-state index contributed by atoms with van der Waals surface area (Å²) in [4.78, 5) is 16.6. The molecule has 0 N–H and O–H groups in total. The fourth-order valence-electron chi connectivity index (χ4n) is 1.54. The van der Waals surface area contributed by atoms with Crippen LogP contribution in [0, 0.1) is 6.92 Å². The van der Waals surface area contributed by atoms with E-state index in [4.69, 9.17) is 9.26 Å². The van der Waals surface area contributed by atoms with E-state index in [1.54, 1.807) is 44.4 Å². The minimum absolute atomic E-state index is 0.252. The normalized spacial score (nSPS) is 13.8. The number of ether oxygens (including phenoxy) is 1. The van der Waals surface area contributed by atoms with Crippen LogP contribution in [0.5, 0.6) is 0 Å². The molecule has 2 atom stereocenters. The molecule has 0 unspecified atom stereocenters. The third kappa shape index (κ3) is 3.30. The topological polar surface area (TPSA) is 82.3 Å². The minimum atomic E-state index is -1.07. The predicted molar refractivity (Wildman–Crippen MR) is 71.6 cm³/mol. The summed E-state index contributed by atoms with van der Waals surface area (Å²) in [6, 6.07) is 6.41. The molecule has 0 fully saturated rings. The Morgan fingerprint density at radius 1 is 1.35 bits per heavy atom. The first kappa shape index (κ1) is 14.4. The van der Waals surface area contributed by atoms with Crippen LogP contribution in [0.15, 0.2) is 33.7 Å². The molecule has 2 aromatic rings. The van der Waals surface area contributed by atoms with Gasteiger partial charge in [0.1, 0.15) is 0 Å². The Kier molecular flexibility index (Phi) is 4.29. The molecule has 106 valence electrons. The van der Waals surface area contributed by atoms with Crippen LogP contribution in [0.1, 0.15) is 35.1 Å². The van der Waals surface area contributed by atoms with E-state index < -0.39 is 22.9 Å². The molecule has 6 nitrogen and oxygen atoms in total. The van der Waals surface area contributed by atoms with Gasteiger partial charge in [0.2, 0.25) is 0 Å². The van der Waals surface area contributed by atoms with Crippen molar-refractivity contribution in [1.29, 1.82) is 0 Å². The molecular weight excluding hydrogens is 280 g/mol. The zero-order valence-electron chi connectivity index (χ0n) is 11.3. The SMILES string of the molecule is Cc1noc([C@@H](C)OC(=O)c2ccc([S@@](C)=O)cc2)n1. The van der Waals surface area contributed by atoms with Crippen LogP contribution in [0.25, 0.3) is 0 Å². The van der Waals surface area contributed by atoms with Crippen molar-refractivity contribution < 1.29 is 18.3 Å². The smallest absolute Gasteiger partial charge is 0.338 e. The summed E-state index contributed by atoms with van der Waals surface area (Å²) in [6.45, 7) is 3.34. The highest BCUT2D eigenvalue weighted by Crippen LogP contribution is 2.17. The molecule has 1 aromatic heterocycles. The second-order valence-corrected chi connectivity index (χ2v) is 5.59. The van der Waals surface area contributed by atoms with Crippen LogP contribution >= 0.6 is 0 Å². The van der Waals surface area contributed by atoms with Crippen molar-refractivity contribution in [2.75, 3.05) is 6.26 Å². The standard InChI is InChI=1S/C13H14N2O4S/c1-8(12-14-9(2)15-19-12)18-13(16)10-4-6-11(7-5-10)20(3)17/h4-8H,1-3H3/t8-,20-/m1/s1. The monoisotopic (exact) mass is 294 g/mol. The van der Waals surface area contributed by atoms with Gasteiger partial charge in [-0.3, -0.25) is 4.21 Å². The molecule has 0 amide bonds. The maximum Gasteiger partial charge on any atom is 0.338 e. The Bertz CT molecular complexity index is 636. The van der Waals surface area contributed by atoms with Gasteiger partial charge in [-0.1, -0.05) is 5.16 Å². The maximum absolute atomic E-state index is 11.9. The Morgan fingerprint density at radius 2 is 2.00 bits per heavy atom. The molecule has 0 aliphatic rings. The lowest BCUT2D eigenvalue weighted by Gasteiger charge is -2.09. The first-order chi connectivity index (χ1) is 9.47. The molecule has 2 rings (SSSR count). The summed E-state index contributed by atoms with van der Waals surface area (Å²) in [5, 5.41) is 3.64. The van der Waals surface area contributed by atoms with Gasteiger partial charge in [0.15, 0.2) is 11.9 Å². The summed E-state index contributed by atoms with van der Waals surface area (Å²) < 4.78 is 21.4.